The van der Waals surface area contributed by atoms with Crippen LogP contribution in [0.25, 0.3) is 0 Å². The Bertz CT molecular complexity index is 688. The first-order valence-corrected chi connectivity index (χ1v) is 9.42. The summed E-state index contributed by atoms with van der Waals surface area (Å²) in [6.45, 7) is 5.04. The normalized spacial score (nSPS) is 22.8. The van der Waals surface area contributed by atoms with E-state index >= 15 is 0 Å². The molecule has 4 heterocycles. The highest BCUT2D eigenvalue weighted by atomic mass is 16.5. The maximum absolute atomic E-state index is 5.50. The predicted octanol–water partition coefficient (Wildman–Crippen LogP) is 2.38. The Labute approximate surface area is 155 Å². The zero-order valence-corrected chi connectivity index (χ0v) is 15.4. The molecule has 6 nitrogen and oxygen atoms in total. The summed E-state index contributed by atoms with van der Waals surface area (Å²) >= 11 is 0. The van der Waals surface area contributed by atoms with Gasteiger partial charge in [-0.1, -0.05) is 6.07 Å². The van der Waals surface area contributed by atoms with Gasteiger partial charge in [-0.15, -0.1) is 0 Å². The number of likely N-dealkylation sites (tertiary alicyclic amines) is 1. The smallest absolute Gasteiger partial charge is 0.225 e. The van der Waals surface area contributed by atoms with Gasteiger partial charge in [0.2, 0.25) is 5.95 Å². The first kappa shape index (κ1) is 17.4. The molecule has 138 valence electrons. The highest BCUT2D eigenvalue weighted by Gasteiger charge is 2.46. The summed E-state index contributed by atoms with van der Waals surface area (Å²) in [5.41, 5.74) is 1.65. The minimum atomic E-state index is 0.355. The summed E-state index contributed by atoms with van der Waals surface area (Å²) in [4.78, 5) is 18.1. The minimum absolute atomic E-state index is 0.355. The van der Waals surface area contributed by atoms with Crippen LogP contribution >= 0.6 is 0 Å². The van der Waals surface area contributed by atoms with Gasteiger partial charge in [0.05, 0.1) is 12.6 Å². The Morgan fingerprint density at radius 3 is 2.65 bits per heavy atom. The quantitative estimate of drug-likeness (QED) is 0.823. The monoisotopic (exact) mass is 353 g/mol. The van der Waals surface area contributed by atoms with E-state index < -0.39 is 0 Å². The zero-order chi connectivity index (χ0) is 17.8. The number of piperidine rings is 1. The molecule has 6 heteroatoms. The molecular weight excluding hydrogens is 326 g/mol. The Hall–Kier alpha value is -2.05. The predicted molar refractivity (Wildman–Crippen MR) is 101 cm³/mol. The molecule has 0 N–H and O–H groups in total. The SMILES string of the molecule is COCC1CC2(CCN(Cc3cccnc3)CC2)CN1c1ncccn1. The van der Waals surface area contributed by atoms with Crippen molar-refractivity contribution in [3.63, 3.8) is 0 Å². The van der Waals surface area contributed by atoms with Crippen molar-refractivity contribution in [1.29, 1.82) is 0 Å². The van der Waals surface area contributed by atoms with Crippen molar-refractivity contribution in [2.45, 2.75) is 31.8 Å². The second kappa shape index (κ2) is 7.68. The van der Waals surface area contributed by atoms with Crippen molar-refractivity contribution in [3.05, 3.63) is 48.5 Å². The maximum Gasteiger partial charge on any atom is 0.225 e. The number of ether oxygens (including phenoxy) is 1. The fraction of sp³-hybridized carbons (Fsp3) is 0.550. The number of hydrogen-bond donors (Lipinski definition) is 0. The number of nitrogens with zero attached hydrogens (tertiary/aromatic N) is 5. The second-order valence-electron chi connectivity index (χ2n) is 7.63. The standard InChI is InChI=1S/C20H27N5O/c1-26-15-18-12-20(16-25(18)19-22-8-3-9-23-19)5-10-24(11-6-20)14-17-4-2-7-21-13-17/h2-4,7-9,13,18H,5-6,10-12,14-16H2,1H3. The minimum Gasteiger partial charge on any atom is -0.383 e. The molecular formula is C20H27N5O. The molecule has 1 atom stereocenters. The van der Waals surface area contributed by atoms with Gasteiger partial charge in [0.15, 0.2) is 0 Å². The molecule has 2 fully saturated rings. The molecule has 2 aromatic rings. The van der Waals surface area contributed by atoms with Gasteiger partial charge in [0.1, 0.15) is 0 Å². The van der Waals surface area contributed by atoms with E-state index in [1.807, 2.05) is 36.9 Å². The molecule has 0 saturated carbocycles. The van der Waals surface area contributed by atoms with Crippen molar-refractivity contribution in [2.75, 3.05) is 38.3 Å². The zero-order valence-electron chi connectivity index (χ0n) is 15.4. The van der Waals surface area contributed by atoms with Crippen LogP contribution in [0.3, 0.4) is 0 Å². The molecule has 0 amide bonds. The first-order valence-electron chi connectivity index (χ1n) is 9.42. The maximum atomic E-state index is 5.50. The van der Waals surface area contributed by atoms with E-state index in [0.29, 0.717) is 11.5 Å². The van der Waals surface area contributed by atoms with Gasteiger partial charge in [-0.25, -0.2) is 9.97 Å². The Morgan fingerprint density at radius 2 is 1.96 bits per heavy atom. The number of hydrogen-bond acceptors (Lipinski definition) is 6. The molecule has 2 aliphatic rings. The van der Waals surface area contributed by atoms with Crippen LogP contribution in [-0.4, -0.2) is 59.2 Å². The Balaban J connectivity index is 1.41. The Kier molecular flexibility index (Phi) is 5.13. The van der Waals surface area contributed by atoms with Crippen molar-refractivity contribution in [2.24, 2.45) is 5.41 Å². The summed E-state index contributed by atoms with van der Waals surface area (Å²) in [5, 5.41) is 0. The van der Waals surface area contributed by atoms with Crippen molar-refractivity contribution >= 4 is 5.95 Å². The third kappa shape index (κ3) is 3.71. The van der Waals surface area contributed by atoms with E-state index in [4.69, 9.17) is 4.74 Å². The van der Waals surface area contributed by atoms with Crippen molar-refractivity contribution in [1.82, 2.24) is 19.9 Å². The van der Waals surface area contributed by atoms with Gasteiger partial charge < -0.3 is 9.64 Å². The van der Waals surface area contributed by atoms with E-state index in [0.717, 1.165) is 38.7 Å². The van der Waals surface area contributed by atoms with Crippen molar-refractivity contribution < 1.29 is 4.74 Å². The van der Waals surface area contributed by atoms with Crippen LogP contribution in [0.4, 0.5) is 5.95 Å². The second-order valence-corrected chi connectivity index (χ2v) is 7.63. The lowest BCUT2D eigenvalue weighted by atomic mass is 9.76. The third-order valence-electron chi connectivity index (χ3n) is 5.83. The molecule has 2 aliphatic heterocycles. The molecule has 0 aromatic carbocycles. The van der Waals surface area contributed by atoms with Crippen LogP contribution in [0.5, 0.6) is 0 Å². The lowest BCUT2D eigenvalue weighted by molar-refractivity contribution is 0.106. The lowest BCUT2D eigenvalue weighted by Gasteiger charge is -2.39. The molecule has 0 bridgehead atoms. The number of pyridine rings is 1. The molecule has 4 rings (SSSR count). The molecule has 0 radical (unpaired) electrons. The summed E-state index contributed by atoms with van der Waals surface area (Å²) in [5.74, 6) is 0.837. The molecule has 1 unspecified atom stereocenters. The van der Waals surface area contributed by atoms with Gasteiger partial charge in [0.25, 0.3) is 0 Å². The summed E-state index contributed by atoms with van der Waals surface area (Å²) in [7, 11) is 1.78. The van der Waals surface area contributed by atoms with Gasteiger partial charge >= 0.3 is 0 Å². The topological polar surface area (TPSA) is 54.4 Å². The first-order chi connectivity index (χ1) is 12.8. The van der Waals surface area contributed by atoms with Crippen LogP contribution in [0.1, 0.15) is 24.8 Å². The number of aromatic nitrogens is 3. The fourth-order valence-electron chi connectivity index (χ4n) is 4.48. The van der Waals surface area contributed by atoms with E-state index in [-0.39, 0.29) is 0 Å². The molecule has 1 spiro atoms. The summed E-state index contributed by atoms with van der Waals surface area (Å²) in [6.07, 6.45) is 11.1. The van der Waals surface area contributed by atoms with Gasteiger partial charge in [-0.3, -0.25) is 9.88 Å². The van der Waals surface area contributed by atoms with Crippen LogP contribution in [0, 0.1) is 5.41 Å². The van der Waals surface area contributed by atoms with Crippen molar-refractivity contribution in [3.8, 4) is 0 Å². The molecule has 0 aliphatic carbocycles. The van der Waals surface area contributed by atoms with E-state index in [1.165, 1.54) is 24.8 Å². The number of anilines is 1. The summed E-state index contributed by atoms with van der Waals surface area (Å²) < 4.78 is 5.50. The molecule has 26 heavy (non-hydrogen) atoms. The number of methoxy groups -OCH3 is 1. The van der Waals surface area contributed by atoms with Crippen LogP contribution in [0.15, 0.2) is 43.0 Å². The van der Waals surface area contributed by atoms with Crippen LogP contribution in [0.2, 0.25) is 0 Å². The lowest BCUT2D eigenvalue weighted by Crippen LogP contribution is -2.41. The van der Waals surface area contributed by atoms with E-state index in [2.05, 4.69) is 30.8 Å². The highest BCUT2D eigenvalue weighted by Crippen LogP contribution is 2.44. The van der Waals surface area contributed by atoms with Crippen LogP contribution in [-0.2, 0) is 11.3 Å². The van der Waals surface area contributed by atoms with E-state index in [9.17, 15) is 0 Å². The van der Waals surface area contributed by atoms with Gasteiger partial charge in [0, 0.05) is 45.0 Å². The third-order valence-corrected chi connectivity index (χ3v) is 5.83. The van der Waals surface area contributed by atoms with Crippen LogP contribution < -0.4 is 4.90 Å². The van der Waals surface area contributed by atoms with E-state index in [1.54, 1.807) is 7.11 Å². The highest BCUT2D eigenvalue weighted by molar-refractivity contribution is 5.35. The average molecular weight is 353 g/mol. The average Bonchev–Trinajstić information content (AvgIpc) is 3.04. The molecule has 2 saturated heterocycles. The fourth-order valence-corrected chi connectivity index (χ4v) is 4.48. The van der Waals surface area contributed by atoms with Gasteiger partial charge in [-0.2, -0.15) is 0 Å². The molecule has 2 aromatic heterocycles. The Morgan fingerprint density at radius 1 is 1.15 bits per heavy atom. The number of rotatable bonds is 5. The largest absolute Gasteiger partial charge is 0.383 e. The summed E-state index contributed by atoms with van der Waals surface area (Å²) in [6, 6.07) is 6.42. The van der Waals surface area contributed by atoms with Gasteiger partial charge in [-0.05, 0) is 55.5 Å².